The Bertz CT molecular complexity index is 874. The van der Waals surface area contributed by atoms with Crippen LogP contribution in [-0.4, -0.2) is 55.2 Å². The zero-order valence-electron chi connectivity index (χ0n) is 15.3. The van der Waals surface area contributed by atoms with Crippen molar-refractivity contribution in [3.05, 3.63) is 63.6 Å². The van der Waals surface area contributed by atoms with Crippen LogP contribution >= 0.6 is 27.5 Å². The van der Waals surface area contributed by atoms with Crippen molar-refractivity contribution in [3.63, 3.8) is 0 Å². The van der Waals surface area contributed by atoms with Crippen molar-refractivity contribution >= 4 is 37.4 Å². The molecule has 0 spiro atoms. The van der Waals surface area contributed by atoms with Gasteiger partial charge >= 0.3 is 0 Å². The maximum atomic E-state index is 11.9. The molecular weight excluding hydrogens is 466 g/mol. The van der Waals surface area contributed by atoms with Crippen LogP contribution in [0.2, 0.25) is 5.02 Å². The third-order valence-electron chi connectivity index (χ3n) is 4.73. The highest BCUT2D eigenvalue weighted by molar-refractivity contribution is 9.10. The molecular formula is C20H23BrClNO4S. The Balaban J connectivity index is 1.63. The van der Waals surface area contributed by atoms with E-state index in [1.807, 2.05) is 53.4 Å². The van der Waals surface area contributed by atoms with E-state index in [0.717, 1.165) is 10.0 Å². The second-order valence-electron chi connectivity index (χ2n) is 7.03. The number of aliphatic hydroxyl groups is 1. The SMILES string of the molecule is O=S1(=O)CCC(N(Cc2ccc(Cl)cc2)CC(O)COc2ccc(Br)cc2)C1. The Labute approximate surface area is 179 Å². The number of halogens is 2. The summed E-state index contributed by atoms with van der Waals surface area (Å²) in [5.41, 5.74) is 1.02. The highest BCUT2D eigenvalue weighted by Gasteiger charge is 2.33. The van der Waals surface area contributed by atoms with E-state index in [4.69, 9.17) is 16.3 Å². The summed E-state index contributed by atoms with van der Waals surface area (Å²) >= 11 is 9.33. The third kappa shape index (κ3) is 6.46. The second kappa shape index (κ2) is 9.59. The summed E-state index contributed by atoms with van der Waals surface area (Å²) in [6.45, 7) is 1.02. The average Bonchev–Trinajstić information content (AvgIpc) is 3.02. The molecule has 152 valence electrons. The van der Waals surface area contributed by atoms with E-state index in [2.05, 4.69) is 15.9 Å². The predicted octanol–water partition coefficient (Wildman–Crippen LogP) is 3.53. The maximum Gasteiger partial charge on any atom is 0.151 e. The normalized spacial score (nSPS) is 19.6. The topological polar surface area (TPSA) is 66.8 Å². The van der Waals surface area contributed by atoms with Gasteiger partial charge in [-0.2, -0.15) is 0 Å². The molecule has 1 aliphatic heterocycles. The number of aliphatic hydroxyl groups excluding tert-OH is 1. The van der Waals surface area contributed by atoms with Crippen LogP contribution in [0.5, 0.6) is 5.75 Å². The lowest BCUT2D eigenvalue weighted by Crippen LogP contribution is -2.42. The summed E-state index contributed by atoms with van der Waals surface area (Å²) in [6, 6.07) is 14.8. The minimum atomic E-state index is -3.01. The number of rotatable bonds is 8. The lowest BCUT2D eigenvalue weighted by atomic mass is 10.1. The monoisotopic (exact) mass is 487 g/mol. The first-order valence-corrected chi connectivity index (χ1v) is 12.1. The molecule has 28 heavy (non-hydrogen) atoms. The van der Waals surface area contributed by atoms with E-state index in [1.165, 1.54) is 0 Å². The molecule has 0 aliphatic carbocycles. The van der Waals surface area contributed by atoms with Gasteiger partial charge in [0.1, 0.15) is 18.5 Å². The summed E-state index contributed by atoms with van der Waals surface area (Å²) in [5, 5.41) is 11.2. The summed E-state index contributed by atoms with van der Waals surface area (Å²) < 4.78 is 30.5. The molecule has 1 fully saturated rings. The molecule has 2 aromatic rings. The first-order valence-electron chi connectivity index (χ1n) is 9.06. The van der Waals surface area contributed by atoms with Crippen molar-refractivity contribution in [2.75, 3.05) is 24.7 Å². The van der Waals surface area contributed by atoms with E-state index in [9.17, 15) is 13.5 Å². The van der Waals surface area contributed by atoms with Gasteiger partial charge in [-0.1, -0.05) is 39.7 Å². The molecule has 1 N–H and O–H groups in total. The van der Waals surface area contributed by atoms with Gasteiger partial charge in [0.05, 0.1) is 11.5 Å². The summed E-state index contributed by atoms with van der Waals surface area (Å²) in [5.74, 6) is 0.996. The number of sulfone groups is 1. The van der Waals surface area contributed by atoms with Crippen LogP contribution < -0.4 is 4.74 Å². The van der Waals surface area contributed by atoms with Crippen LogP contribution in [0.15, 0.2) is 53.0 Å². The van der Waals surface area contributed by atoms with Crippen LogP contribution in [0.25, 0.3) is 0 Å². The van der Waals surface area contributed by atoms with Crippen molar-refractivity contribution in [2.24, 2.45) is 0 Å². The first-order chi connectivity index (χ1) is 13.3. The van der Waals surface area contributed by atoms with E-state index >= 15 is 0 Å². The molecule has 1 saturated heterocycles. The predicted molar refractivity (Wildman–Crippen MR) is 115 cm³/mol. The molecule has 2 unspecified atom stereocenters. The van der Waals surface area contributed by atoms with E-state index in [1.54, 1.807) is 0 Å². The number of benzene rings is 2. The lowest BCUT2D eigenvalue weighted by molar-refractivity contribution is 0.0525. The third-order valence-corrected chi connectivity index (χ3v) is 7.26. The van der Waals surface area contributed by atoms with Crippen molar-refractivity contribution < 1.29 is 18.3 Å². The fourth-order valence-electron chi connectivity index (χ4n) is 3.28. The Morgan fingerprint density at radius 2 is 1.86 bits per heavy atom. The molecule has 5 nitrogen and oxygen atoms in total. The van der Waals surface area contributed by atoms with E-state index < -0.39 is 15.9 Å². The van der Waals surface area contributed by atoms with Crippen LogP contribution in [0.4, 0.5) is 0 Å². The zero-order valence-corrected chi connectivity index (χ0v) is 18.5. The van der Waals surface area contributed by atoms with Crippen LogP contribution in [0.3, 0.4) is 0 Å². The standard InChI is InChI=1S/C20H23BrClNO4S/c21-16-3-7-20(8-4-16)27-13-19(24)12-23(18-9-10-28(25,26)14-18)11-15-1-5-17(22)6-2-15/h1-8,18-19,24H,9-14H2. The van der Waals surface area contributed by atoms with Crippen molar-refractivity contribution in [1.29, 1.82) is 0 Å². The van der Waals surface area contributed by atoms with Gasteiger partial charge in [0, 0.05) is 28.6 Å². The fourth-order valence-corrected chi connectivity index (χ4v) is 5.43. The molecule has 0 radical (unpaired) electrons. The molecule has 0 bridgehead atoms. The smallest absolute Gasteiger partial charge is 0.151 e. The Morgan fingerprint density at radius 3 is 2.46 bits per heavy atom. The minimum Gasteiger partial charge on any atom is -0.491 e. The Hall–Kier alpha value is -1.12. The molecule has 0 aromatic heterocycles. The zero-order chi connectivity index (χ0) is 20.1. The summed E-state index contributed by atoms with van der Waals surface area (Å²) in [6.07, 6.45) is -0.157. The number of ether oxygens (including phenoxy) is 1. The van der Waals surface area contributed by atoms with E-state index in [0.29, 0.717) is 30.3 Å². The number of hydrogen-bond acceptors (Lipinski definition) is 5. The molecule has 8 heteroatoms. The number of hydrogen-bond donors (Lipinski definition) is 1. The van der Waals surface area contributed by atoms with Gasteiger partial charge in [-0.25, -0.2) is 8.42 Å². The molecule has 2 atom stereocenters. The Kier molecular flexibility index (Phi) is 7.39. The molecule has 0 saturated carbocycles. The highest BCUT2D eigenvalue weighted by Crippen LogP contribution is 2.22. The van der Waals surface area contributed by atoms with Gasteiger partial charge in [0.2, 0.25) is 0 Å². The van der Waals surface area contributed by atoms with Crippen molar-refractivity contribution in [1.82, 2.24) is 4.90 Å². The summed E-state index contributed by atoms with van der Waals surface area (Å²) in [7, 11) is -3.01. The maximum absolute atomic E-state index is 11.9. The van der Waals surface area contributed by atoms with Gasteiger partial charge in [-0.3, -0.25) is 4.90 Å². The minimum absolute atomic E-state index is 0.108. The van der Waals surface area contributed by atoms with Gasteiger partial charge in [-0.05, 0) is 48.4 Å². The van der Waals surface area contributed by atoms with Gasteiger partial charge in [0.15, 0.2) is 9.84 Å². The lowest BCUT2D eigenvalue weighted by Gasteiger charge is -2.30. The van der Waals surface area contributed by atoms with Gasteiger partial charge in [0.25, 0.3) is 0 Å². The van der Waals surface area contributed by atoms with Crippen LogP contribution in [-0.2, 0) is 16.4 Å². The molecule has 2 aromatic carbocycles. The molecule has 3 rings (SSSR count). The molecule has 0 amide bonds. The van der Waals surface area contributed by atoms with E-state index in [-0.39, 0.29) is 24.2 Å². The van der Waals surface area contributed by atoms with Gasteiger partial charge < -0.3 is 9.84 Å². The molecule has 1 aliphatic rings. The van der Waals surface area contributed by atoms with Gasteiger partial charge in [-0.15, -0.1) is 0 Å². The van der Waals surface area contributed by atoms with Crippen molar-refractivity contribution in [3.8, 4) is 5.75 Å². The second-order valence-corrected chi connectivity index (χ2v) is 10.6. The highest BCUT2D eigenvalue weighted by atomic mass is 79.9. The summed E-state index contributed by atoms with van der Waals surface area (Å²) in [4.78, 5) is 2.03. The van der Waals surface area contributed by atoms with Crippen molar-refractivity contribution in [2.45, 2.75) is 25.1 Å². The Morgan fingerprint density at radius 1 is 1.18 bits per heavy atom. The van der Waals surface area contributed by atoms with Crippen LogP contribution in [0.1, 0.15) is 12.0 Å². The van der Waals surface area contributed by atoms with Crippen LogP contribution in [0, 0.1) is 0 Å². The quantitative estimate of drug-likeness (QED) is 0.616. The first kappa shape index (κ1) is 21.6. The fraction of sp³-hybridized carbons (Fsp3) is 0.400. The largest absolute Gasteiger partial charge is 0.491 e. The average molecular weight is 489 g/mol. The number of nitrogens with zero attached hydrogens (tertiary/aromatic N) is 1. The molecule has 1 heterocycles.